The largest absolute Gasteiger partial charge is 0.419 e. The molecule has 0 spiro atoms. The van der Waals surface area contributed by atoms with Gasteiger partial charge in [0.1, 0.15) is 0 Å². The zero-order valence-electron chi connectivity index (χ0n) is 13.0. The first-order valence-corrected chi connectivity index (χ1v) is 8.46. The number of hydrogen-bond acceptors (Lipinski definition) is 4. The lowest BCUT2D eigenvalue weighted by molar-refractivity contribution is 0.528. The first-order chi connectivity index (χ1) is 10.8. The van der Waals surface area contributed by atoms with Gasteiger partial charge in [-0.1, -0.05) is 6.07 Å². The van der Waals surface area contributed by atoms with Crippen LogP contribution in [0.5, 0.6) is 0 Å². The maximum atomic E-state index is 12.5. The Labute approximate surface area is 133 Å². The number of aryl methyl sites for hydroxylation is 3. The van der Waals surface area contributed by atoms with Crippen LogP contribution in [0.4, 0.5) is 5.69 Å². The Hall–Kier alpha value is -2.54. The minimum atomic E-state index is -3.75. The standard InChI is InChI=1S/C16H16N2O4S/c1-10-4-5-12(8-11(10)2)17-23(20,21)13-6-7-15-14(9-13)18(3)16(19)22-15/h4-9,17H,1-3H3. The average molecular weight is 332 g/mol. The molecule has 0 amide bonds. The molecule has 1 N–H and O–H groups in total. The number of sulfonamides is 1. The van der Waals surface area contributed by atoms with Gasteiger partial charge < -0.3 is 4.42 Å². The van der Waals surface area contributed by atoms with Gasteiger partial charge in [0.05, 0.1) is 10.4 Å². The molecule has 0 unspecified atom stereocenters. The zero-order chi connectivity index (χ0) is 16.8. The highest BCUT2D eigenvalue weighted by molar-refractivity contribution is 7.92. The van der Waals surface area contributed by atoms with E-state index in [0.717, 1.165) is 11.1 Å². The van der Waals surface area contributed by atoms with Gasteiger partial charge in [0, 0.05) is 12.7 Å². The number of fused-ring (bicyclic) bond motifs is 1. The van der Waals surface area contributed by atoms with E-state index in [-0.39, 0.29) is 4.90 Å². The topological polar surface area (TPSA) is 81.3 Å². The molecule has 3 aromatic rings. The summed E-state index contributed by atoms with van der Waals surface area (Å²) in [4.78, 5) is 11.6. The highest BCUT2D eigenvalue weighted by Crippen LogP contribution is 2.22. The van der Waals surface area contributed by atoms with Crippen LogP contribution in [-0.4, -0.2) is 13.0 Å². The van der Waals surface area contributed by atoms with Crippen molar-refractivity contribution in [3.63, 3.8) is 0 Å². The Kier molecular flexibility index (Phi) is 3.52. The van der Waals surface area contributed by atoms with E-state index < -0.39 is 15.8 Å². The fraction of sp³-hybridized carbons (Fsp3) is 0.188. The van der Waals surface area contributed by atoms with E-state index in [1.54, 1.807) is 12.1 Å². The fourth-order valence-electron chi connectivity index (χ4n) is 2.29. The number of anilines is 1. The molecule has 120 valence electrons. The van der Waals surface area contributed by atoms with Crippen molar-refractivity contribution in [2.75, 3.05) is 4.72 Å². The van der Waals surface area contributed by atoms with Crippen molar-refractivity contribution in [1.82, 2.24) is 4.57 Å². The molecule has 0 saturated heterocycles. The van der Waals surface area contributed by atoms with Crippen molar-refractivity contribution in [3.8, 4) is 0 Å². The Bertz CT molecular complexity index is 1060. The fourth-order valence-corrected chi connectivity index (χ4v) is 3.36. The molecule has 1 aromatic heterocycles. The van der Waals surface area contributed by atoms with Gasteiger partial charge >= 0.3 is 5.76 Å². The summed E-state index contributed by atoms with van der Waals surface area (Å²) in [5, 5.41) is 0. The van der Waals surface area contributed by atoms with Crippen LogP contribution in [0.2, 0.25) is 0 Å². The summed E-state index contributed by atoms with van der Waals surface area (Å²) in [6, 6.07) is 9.66. The number of hydrogen-bond donors (Lipinski definition) is 1. The molecule has 0 radical (unpaired) electrons. The molecule has 0 atom stereocenters. The van der Waals surface area contributed by atoms with Crippen LogP contribution in [0.3, 0.4) is 0 Å². The molecule has 6 nitrogen and oxygen atoms in total. The quantitative estimate of drug-likeness (QED) is 0.799. The van der Waals surface area contributed by atoms with E-state index in [4.69, 9.17) is 4.42 Å². The van der Waals surface area contributed by atoms with Gasteiger partial charge in [0.25, 0.3) is 10.0 Å². The Morgan fingerprint density at radius 1 is 1.04 bits per heavy atom. The summed E-state index contributed by atoms with van der Waals surface area (Å²) in [7, 11) is -2.22. The van der Waals surface area contributed by atoms with Gasteiger partial charge in [-0.25, -0.2) is 13.2 Å². The normalized spacial score (nSPS) is 11.8. The molecule has 3 rings (SSSR count). The van der Waals surface area contributed by atoms with Gasteiger partial charge in [0.2, 0.25) is 0 Å². The van der Waals surface area contributed by atoms with Crippen LogP contribution in [0.1, 0.15) is 11.1 Å². The van der Waals surface area contributed by atoms with Crippen molar-refractivity contribution in [1.29, 1.82) is 0 Å². The first kappa shape index (κ1) is 15.4. The van der Waals surface area contributed by atoms with Gasteiger partial charge in [-0.2, -0.15) is 0 Å². The predicted octanol–water partition coefficient (Wildman–Crippen LogP) is 2.55. The summed E-state index contributed by atoms with van der Waals surface area (Å²) in [6.07, 6.45) is 0. The number of nitrogens with one attached hydrogen (secondary N) is 1. The van der Waals surface area contributed by atoms with Gasteiger partial charge in [-0.3, -0.25) is 9.29 Å². The zero-order valence-corrected chi connectivity index (χ0v) is 13.8. The summed E-state index contributed by atoms with van der Waals surface area (Å²) >= 11 is 0. The van der Waals surface area contributed by atoms with E-state index >= 15 is 0 Å². The Morgan fingerprint density at radius 2 is 1.78 bits per heavy atom. The summed E-state index contributed by atoms with van der Waals surface area (Å²) < 4.78 is 33.9. The van der Waals surface area contributed by atoms with Crippen LogP contribution in [0, 0.1) is 13.8 Å². The maximum absolute atomic E-state index is 12.5. The Morgan fingerprint density at radius 3 is 2.48 bits per heavy atom. The van der Waals surface area contributed by atoms with Gasteiger partial charge in [-0.05, 0) is 55.3 Å². The van der Waals surface area contributed by atoms with E-state index in [9.17, 15) is 13.2 Å². The van der Waals surface area contributed by atoms with E-state index in [2.05, 4.69) is 4.72 Å². The van der Waals surface area contributed by atoms with E-state index in [1.807, 2.05) is 19.9 Å². The van der Waals surface area contributed by atoms with Crippen LogP contribution in [0.15, 0.2) is 50.5 Å². The van der Waals surface area contributed by atoms with Crippen LogP contribution < -0.4 is 10.5 Å². The molecule has 0 aliphatic heterocycles. The van der Waals surface area contributed by atoms with E-state index in [1.165, 1.54) is 29.8 Å². The number of benzene rings is 2. The molecule has 23 heavy (non-hydrogen) atoms. The molecule has 0 fully saturated rings. The van der Waals surface area contributed by atoms with Crippen LogP contribution in [0.25, 0.3) is 11.1 Å². The van der Waals surface area contributed by atoms with Gasteiger partial charge in [0.15, 0.2) is 5.58 Å². The van der Waals surface area contributed by atoms with Crippen LogP contribution >= 0.6 is 0 Å². The highest BCUT2D eigenvalue weighted by atomic mass is 32.2. The monoisotopic (exact) mass is 332 g/mol. The summed E-state index contributed by atoms with van der Waals surface area (Å²) in [5.41, 5.74) is 3.36. The first-order valence-electron chi connectivity index (χ1n) is 6.97. The molecular weight excluding hydrogens is 316 g/mol. The molecule has 1 heterocycles. The third kappa shape index (κ3) is 2.75. The molecule has 0 aliphatic carbocycles. The average Bonchev–Trinajstić information content (AvgIpc) is 2.77. The lowest BCUT2D eigenvalue weighted by Gasteiger charge is -2.10. The maximum Gasteiger partial charge on any atom is 0.419 e. The SMILES string of the molecule is Cc1ccc(NS(=O)(=O)c2ccc3oc(=O)n(C)c3c2)cc1C. The van der Waals surface area contributed by atoms with Crippen molar-refractivity contribution >= 4 is 26.8 Å². The second kappa shape index (κ2) is 5.27. The molecule has 2 aromatic carbocycles. The van der Waals surface area contributed by atoms with Crippen molar-refractivity contribution in [2.45, 2.75) is 18.7 Å². The number of oxazole rings is 1. The third-order valence-corrected chi connectivity index (χ3v) is 5.21. The molecule has 7 heteroatoms. The summed E-state index contributed by atoms with van der Waals surface area (Å²) in [6.45, 7) is 3.88. The highest BCUT2D eigenvalue weighted by Gasteiger charge is 2.17. The van der Waals surface area contributed by atoms with Crippen molar-refractivity contribution < 1.29 is 12.8 Å². The molecular formula is C16H16N2O4S. The predicted molar refractivity (Wildman–Crippen MR) is 88.2 cm³/mol. The minimum Gasteiger partial charge on any atom is -0.408 e. The van der Waals surface area contributed by atoms with Crippen LogP contribution in [-0.2, 0) is 17.1 Å². The third-order valence-electron chi connectivity index (χ3n) is 3.83. The smallest absolute Gasteiger partial charge is 0.408 e. The molecule has 0 bridgehead atoms. The van der Waals surface area contributed by atoms with Crippen molar-refractivity contribution in [3.05, 3.63) is 58.1 Å². The summed E-state index contributed by atoms with van der Waals surface area (Å²) in [5.74, 6) is -0.531. The lowest BCUT2D eigenvalue weighted by Crippen LogP contribution is -2.13. The minimum absolute atomic E-state index is 0.0691. The molecule has 0 aliphatic rings. The molecule has 0 saturated carbocycles. The number of nitrogens with zero attached hydrogens (tertiary/aromatic N) is 1. The second-order valence-corrected chi connectivity index (χ2v) is 7.14. The number of aromatic nitrogens is 1. The second-order valence-electron chi connectivity index (χ2n) is 5.46. The Balaban J connectivity index is 2.03. The van der Waals surface area contributed by atoms with E-state index in [0.29, 0.717) is 16.8 Å². The number of rotatable bonds is 3. The lowest BCUT2D eigenvalue weighted by atomic mass is 10.1. The van der Waals surface area contributed by atoms with Crippen molar-refractivity contribution in [2.24, 2.45) is 7.05 Å². The van der Waals surface area contributed by atoms with Gasteiger partial charge in [-0.15, -0.1) is 0 Å².